The van der Waals surface area contributed by atoms with Gasteiger partial charge in [-0.25, -0.2) is 5.43 Å². The fourth-order valence-electron chi connectivity index (χ4n) is 2.29. The lowest BCUT2D eigenvalue weighted by Crippen LogP contribution is -2.24. The molecule has 0 unspecified atom stereocenters. The van der Waals surface area contributed by atoms with Crippen molar-refractivity contribution in [1.29, 1.82) is 0 Å². The van der Waals surface area contributed by atoms with Crippen LogP contribution >= 0.6 is 39.1 Å². The van der Waals surface area contributed by atoms with Crippen molar-refractivity contribution < 1.29 is 9.53 Å². The Kier molecular flexibility index (Phi) is 6.14. The van der Waals surface area contributed by atoms with Crippen molar-refractivity contribution in [1.82, 2.24) is 5.43 Å². The zero-order chi connectivity index (χ0) is 18.5. The Morgan fingerprint density at radius 1 is 1.12 bits per heavy atom. The molecule has 26 heavy (non-hydrogen) atoms. The average Bonchev–Trinajstić information content (AvgIpc) is 2.65. The second kappa shape index (κ2) is 8.54. The summed E-state index contributed by atoms with van der Waals surface area (Å²) in [6.07, 6.45) is 1.43. The molecule has 0 aliphatic rings. The van der Waals surface area contributed by atoms with E-state index in [1.807, 2.05) is 36.4 Å². The number of carbonyl (C=O) groups is 1. The molecule has 0 saturated heterocycles. The van der Waals surface area contributed by atoms with Gasteiger partial charge >= 0.3 is 0 Å². The molecule has 0 bridgehead atoms. The van der Waals surface area contributed by atoms with Crippen LogP contribution < -0.4 is 10.2 Å². The van der Waals surface area contributed by atoms with Gasteiger partial charge in [-0.2, -0.15) is 5.10 Å². The van der Waals surface area contributed by atoms with Gasteiger partial charge in [0, 0.05) is 5.56 Å². The Hall–Kier alpha value is -2.08. The summed E-state index contributed by atoms with van der Waals surface area (Å²) >= 11 is 15.5. The van der Waals surface area contributed by atoms with Gasteiger partial charge in [-0.3, -0.25) is 4.79 Å². The smallest absolute Gasteiger partial charge is 0.277 e. The van der Waals surface area contributed by atoms with E-state index >= 15 is 0 Å². The van der Waals surface area contributed by atoms with Gasteiger partial charge < -0.3 is 4.74 Å². The topological polar surface area (TPSA) is 50.7 Å². The summed E-state index contributed by atoms with van der Waals surface area (Å²) in [5, 5.41) is 6.77. The Balaban J connectivity index is 1.60. The van der Waals surface area contributed by atoms with E-state index in [2.05, 4.69) is 26.5 Å². The van der Waals surface area contributed by atoms with Gasteiger partial charge in [0.1, 0.15) is 5.75 Å². The normalized spacial score (nSPS) is 11.0. The maximum absolute atomic E-state index is 11.9. The lowest BCUT2D eigenvalue weighted by atomic mass is 10.1. The van der Waals surface area contributed by atoms with E-state index in [0.29, 0.717) is 21.4 Å². The maximum atomic E-state index is 11.9. The van der Waals surface area contributed by atoms with Crippen LogP contribution in [0.25, 0.3) is 10.8 Å². The monoisotopic (exact) mass is 450 g/mol. The molecule has 0 aromatic heterocycles. The molecule has 0 spiro atoms. The zero-order valence-corrected chi connectivity index (χ0v) is 16.5. The van der Waals surface area contributed by atoms with E-state index in [-0.39, 0.29) is 12.5 Å². The number of fused-ring (bicyclic) bond motifs is 1. The van der Waals surface area contributed by atoms with Crippen molar-refractivity contribution in [2.45, 2.75) is 0 Å². The van der Waals surface area contributed by atoms with Gasteiger partial charge in [0.2, 0.25) is 0 Å². The predicted octanol–water partition coefficient (Wildman–Crippen LogP) is 5.44. The molecule has 132 valence electrons. The number of hydrazone groups is 1. The molecular weight excluding hydrogens is 439 g/mol. The Morgan fingerprint density at radius 3 is 2.77 bits per heavy atom. The van der Waals surface area contributed by atoms with Crippen molar-refractivity contribution in [2.24, 2.45) is 5.10 Å². The third-order valence-electron chi connectivity index (χ3n) is 3.56. The highest BCUT2D eigenvalue weighted by molar-refractivity contribution is 9.10. The first kappa shape index (κ1) is 18.7. The number of nitrogens with one attached hydrogen (secondary N) is 1. The largest absolute Gasteiger partial charge is 0.483 e. The number of ether oxygens (including phenoxy) is 1. The summed E-state index contributed by atoms with van der Waals surface area (Å²) in [7, 11) is 0. The fourth-order valence-corrected chi connectivity index (χ4v) is 3.26. The summed E-state index contributed by atoms with van der Waals surface area (Å²) in [5.74, 6) is 0.195. The minimum absolute atomic E-state index is 0.169. The van der Waals surface area contributed by atoms with Crippen molar-refractivity contribution in [3.8, 4) is 5.75 Å². The van der Waals surface area contributed by atoms with E-state index in [9.17, 15) is 4.79 Å². The minimum Gasteiger partial charge on any atom is -0.483 e. The molecule has 0 atom stereocenters. The predicted molar refractivity (Wildman–Crippen MR) is 109 cm³/mol. The average molecular weight is 452 g/mol. The van der Waals surface area contributed by atoms with Crippen molar-refractivity contribution >= 4 is 62.0 Å². The standard InChI is InChI=1S/C19H13BrCl2N2O2/c20-18-14-6-2-1-4-12(14)8-9-16(18)26-11-17(25)24-23-10-13-5-3-7-15(21)19(13)22/h1-10H,11H2,(H,24,25). The van der Waals surface area contributed by atoms with Gasteiger partial charge in [0.05, 0.1) is 20.7 Å². The second-order valence-corrected chi connectivity index (χ2v) is 6.90. The van der Waals surface area contributed by atoms with Gasteiger partial charge in [0.15, 0.2) is 6.61 Å². The lowest BCUT2D eigenvalue weighted by molar-refractivity contribution is -0.123. The summed E-state index contributed by atoms with van der Waals surface area (Å²) in [5.41, 5.74) is 3.00. The molecule has 3 aromatic rings. The molecule has 1 N–H and O–H groups in total. The van der Waals surface area contributed by atoms with Crippen LogP contribution in [0.15, 0.2) is 64.2 Å². The molecule has 0 aliphatic heterocycles. The Labute approximate surface area is 168 Å². The van der Waals surface area contributed by atoms with Crippen LogP contribution in [0, 0.1) is 0 Å². The molecule has 0 aliphatic carbocycles. The summed E-state index contributed by atoms with van der Waals surface area (Å²) < 4.78 is 6.38. The van der Waals surface area contributed by atoms with Crippen molar-refractivity contribution in [3.63, 3.8) is 0 Å². The van der Waals surface area contributed by atoms with E-state index in [0.717, 1.165) is 15.2 Å². The quantitative estimate of drug-likeness (QED) is 0.414. The molecule has 4 nitrogen and oxygen atoms in total. The van der Waals surface area contributed by atoms with Crippen LogP contribution in [0.5, 0.6) is 5.75 Å². The maximum Gasteiger partial charge on any atom is 0.277 e. The van der Waals surface area contributed by atoms with Crippen LogP contribution in [0.4, 0.5) is 0 Å². The van der Waals surface area contributed by atoms with Crippen LogP contribution in [-0.2, 0) is 4.79 Å². The number of rotatable bonds is 5. The highest BCUT2D eigenvalue weighted by atomic mass is 79.9. The number of amides is 1. The van der Waals surface area contributed by atoms with Gasteiger partial charge in [-0.05, 0) is 38.8 Å². The third kappa shape index (κ3) is 4.36. The Morgan fingerprint density at radius 2 is 1.92 bits per heavy atom. The SMILES string of the molecule is O=C(COc1ccc2ccccc2c1Br)NN=Cc1cccc(Cl)c1Cl. The van der Waals surface area contributed by atoms with Crippen LogP contribution in [-0.4, -0.2) is 18.7 Å². The van der Waals surface area contributed by atoms with Crippen LogP contribution in [0.2, 0.25) is 10.0 Å². The molecular formula is C19H13BrCl2N2O2. The summed E-state index contributed by atoms with van der Waals surface area (Å²) in [6.45, 7) is -0.169. The van der Waals surface area contributed by atoms with Crippen LogP contribution in [0.1, 0.15) is 5.56 Å². The molecule has 0 heterocycles. The molecule has 1 amide bonds. The molecule has 0 fully saturated rings. The van der Waals surface area contributed by atoms with E-state index in [1.165, 1.54) is 6.21 Å². The third-order valence-corrected chi connectivity index (χ3v) is 5.21. The Bertz CT molecular complexity index is 992. The number of benzene rings is 3. The molecule has 3 rings (SSSR count). The number of hydrogen-bond donors (Lipinski definition) is 1. The first-order valence-electron chi connectivity index (χ1n) is 7.62. The highest BCUT2D eigenvalue weighted by Crippen LogP contribution is 2.32. The first-order valence-corrected chi connectivity index (χ1v) is 9.17. The number of hydrogen-bond acceptors (Lipinski definition) is 3. The highest BCUT2D eigenvalue weighted by Gasteiger charge is 2.08. The van der Waals surface area contributed by atoms with Crippen LogP contribution in [0.3, 0.4) is 0 Å². The van der Waals surface area contributed by atoms with Crippen molar-refractivity contribution in [2.75, 3.05) is 6.61 Å². The van der Waals surface area contributed by atoms with Gasteiger partial charge in [-0.1, -0.05) is 65.7 Å². The van der Waals surface area contributed by atoms with E-state index in [4.69, 9.17) is 27.9 Å². The minimum atomic E-state index is -0.389. The summed E-state index contributed by atoms with van der Waals surface area (Å²) in [4.78, 5) is 11.9. The zero-order valence-electron chi connectivity index (χ0n) is 13.4. The lowest BCUT2D eigenvalue weighted by Gasteiger charge is -2.09. The molecule has 7 heteroatoms. The second-order valence-electron chi connectivity index (χ2n) is 5.32. The first-order chi connectivity index (χ1) is 12.6. The van der Waals surface area contributed by atoms with Gasteiger partial charge in [-0.15, -0.1) is 0 Å². The summed E-state index contributed by atoms with van der Waals surface area (Å²) in [6, 6.07) is 16.8. The van der Waals surface area contributed by atoms with E-state index in [1.54, 1.807) is 18.2 Å². The number of halogens is 3. The van der Waals surface area contributed by atoms with Gasteiger partial charge in [0.25, 0.3) is 5.91 Å². The molecule has 0 radical (unpaired) electrons. The fraction of sp³-hybridized carbons (Fsp3) is 0.0526. The van der Waals surface area contributed by atoms with E-state index < -0.39 is 0 Å². The number of carbonyl (C=O) groups excluding carboxylic acids is 1. The van der Waals surface area contributed by atoms with Crippen molar-refractivity contribution in [3.05, 3.63) is 74.7 Å². The molecule has 3 aromatic carbocycles. The molecule has 0 saturated carbocycles. The number of nitrogens with zero attached hydrogens (tertiary/aromatic N) is 1.